The first-order valence-corrected chi connectivity index (χ1v) is 9.92. The molecule has 1 saturated heterocycles. The molecule has 2 amide bonds. The second-order valence-electron chi connectivity index (χ2n) is 6.90. The minimum absolute atomic E-state index is 0.0516. The van der Waals surface area contributed by atoms with Crippen LogP contribution in [0.1, 0.15) is 48.6 Å². The molecule has 4 rings (SSSR count). The minimum atomic E-state index is -0.0516. The van der Waals surface area contributed by atoms with E-state index in [1.54, 1.807) is 11.3 Å². The van der Waals surface area contributed by atoms with Crippen molar-refractivity contribution in [3.63, 3.8) is 0 Å². The van der Waals surface area contributed by atoms with Gasteiger partial charge in [-0.2, -0.15) is 16.4 Å². The summed E-state index contributed by atoms with van der Waals surface area (Å²) in [6.45, 7) is 2.53. The first kappa shape index (κ1) is 16.6. The van der Waals surface area contributed by atoms with Crippen LogP contribution >= 0.6 is 11.3 Å². The zero-order valence-corrected chi connectivity index (χ0v) is 15.1. The Balaban J connectivity index is 1.35. The number of thiophene rings is 1. The second kappa shape index (κ2) is 7.58. The molecule has 25 heavy (non-hydrogen) atoms. The van der Waals surface area contributed by atoms with Crippen LogP contribution in [0.15, 0.2) is 22.9 Å². The molecule has 2 N–H and O–H groups in total. The Morgan fingerprint density at radius 3 is 3.08 bits per heavy atom. The van der Waals surface area contributed by atoms with Crippen molar-refractivity contribution < 1.29 is 9.53 Å². The lowest BCUT2D eigenvalue weighted by molar-refractivity contribution is 0.0794. The number of aromatic nitrogens is 2. The normalized spacial score (nSPS) is 19.9. The third-order valence-electron chi connectivity index (χ3n) is 4.77. The molecule has 0 radical (unpaired) electrons. The molecule has 1 aliphatic heterocycles. The Morgan fingerprint density at radius 2 is 2.36 bits per heavy atom. The third kappa shape index (κ3) is 4.41. The summed E-state index contributed by atoms with van der Waals surface area (Å²) in [5.74, 6) is 0.621. The highest BCUT2D eigenvalue weighted by molar-refractivity contribution is 7.07. The number of carbonyl (C=O) groups excluding carboxylic acids is 1. The highest BCUT2D eigenvalue weighted by Crippen LogP contribution is 2.38. The Kier molecular flexibility index (Phi) is 5.03. The van der Waals surface area contributed by atoms with E-state index in [9.17, 15) is 4.79 Å². The van der Waals surface area contributed by atoms with Crippen molar-refractivity contribution in [1.29, 1.82) is 0 Å². The molecule has 0 bridgehead atoms. The van der Waals surface area contributed by atoms with Crippen molar-refractivity contribution in [2.45, 2.75) is 50.8 Å². The lowest BCUT2D eigenvalue weighted by Gasteiger charge is -2.25. The molecule has 7 heteroatoms. The number of urea groups is 1. The standard InChI is InChI=1S/C18H24N4O2S/c23-18(19-9-15-8-17(21-20-15)14-3-4-14)22(10-13-5-7-25-12-13)11-16-2-1-6-24-16/h5,7-8,12,14,16H,1-4,6,9-11H2,(H,19,23)(H,20,21). The van der Waals surface area contributed by atoms with Gasteiger partial charge in [-0.1, -0.05) is 0 Å². The summed E-state index contributed by atoms with van der Waals surface area (Å²) in [4.78, 5) is 14.6. The van der Waals surface area contributed by atoms with Gasteiger partial charge < -0.3 is 15.0 Å². The molecule has 0 spiro atoms. The lowest BCUT2D eigenvalue weighted by Crippen LogP contribution is -2.43. The molecular formula is C18H24N4O2S. The van der Waals surface area contributed by atoms with Crippen LogP contribution in [0, 0.1) is 0 Å². The van der Waals surface area contributed by atoms with E-state index in [4.69, 9.17) is 4.74 Å². The van der Waals surface area contributed by atoms with Gasteiger partial charge in [-0.25, -0.2) is 4.79 Å². The number of ether oxygens (including phenoxy) is 1. The number of aromatic amines is 1. The van der Waals surface area contributed by atoms with Crippen molar-refractivity contribution >= 4 is 17.4 Å². The van der Waals surface area contributed by atoms with Crippen LogP contribution in [-0.2, 0) is 17.8 Å². The first-order valence-electron chi connectivity index (χ1n) is 8.97. The van der Waals surface area contributed by atoms with Crippen LogP contribution in [0.25, 0.3) is 0 Å². The number of rotatable bonds is 7. The van der Waals surface area contributed by atoms with Crippen LogP contribution in [0.3, 0.4) is 0 Å². The zero-order valence-electron chi connectivity index (χ0n) is 14.2. The Bertz CT molecular complexity index is 690. The fraction of sp³-hybridized carbons (Fsp3) is 0.556. The summed E-state index contributed by atoms with van der Waals surface area (Å²) < 4.78 is 5.72. The SMILES string of the molecule is O=C(NCc1cc(C2CC2)n[nH]1)N(Cc1ccsc1)CC1CCCO1. The smallest absolute Gasteiger partial charge is 0.318 e. The molecule has 2 aromatic heterocycles. The molecule has 1 aliphatic carbocycles. The van der Waals surface area contributed by atoms with Gasteiger partial charge in [0.25, 0.3) is 0 Å². The summed E-state index contributed by atoms with van der Waals surface area (Å²) in [7, 11) is 0. The van der Waals surface area contributed by atoms with Gasteiger partial charge in [0.2, 0.25) is 0 Å². The summed E-state index contributed by atoms with van der Waals surface area (Å²) in [5.41, 5.74) is 3.25. The Hall–Kier alpha value is -1.86. The van der Waals surface area contributed by atoms with Crippen LogP contribution in [-0.4, -0.2) is 40.4 Å². The maximum Gasteiger partial charge on any atom is 0.318 e. The minimum Gasteiger partial charge on any atom is -0.376 e. The number of nitrogens with one attached hydrogen (secondary N) is 2. The van der Waals surface area contributed by atoms with Gasteiger partial charge in [0.15, 0.2) is 0 Å². The molecule has 1 atom stereocenters. The largest absolute Gasteiger partial charge is 0.376 e. The van der Waals surface area contributed by atoms with E-state index in [0.717, 1.165) is 36.4 Å². The molecule has 134 valence electrons. The van der Waals surface area contributed by atoms with E-state index in [0.29, 0.717) is 25.6 Å². The summed E-state index contributed by atoms with van der Waals surface area (Å²) in [6, 6.07) is 4.09. The molecule has 1 saturated carbocycles. The van der Waals surface area contributed by atoms with Gasteiger partial charge in [-0.3, -0.25) is 5.10 Å². The Labute approximate surface area is 151 Å². The number of amides is 2. The average Bonchev–Trinajstić information content (AvgIpc) is 3.05. The monoisotopic (exact) mass is 360 g/mol. The first-order chi connectivity index (χ1) is 12.3. The summed E-state index contributed by atoms with van der Waals surface area (Å²) in [6.07, 6.45) is 4.71. The molecule has 2 fully saturated rings. The van der Waals surface area contributed by atoms with Crippen molar-refractivity contribution in [2.75, 3.05) is 13.2 Å². The molecule has 0 aromatic carbocycles. The predicted molar refractivity (Wildman–Crippen MR) is 96.5 cm³/mol. The van der Waals surface area contributed by atoms with E-state index in [1.807, 2.05) is 10.3 Å². The fourth-order valence-electron chi connectivity index (χ4n) is 3.20. The Morgan fingerprint density at radius 1 is 1.44 bits per heavy atom. The van der Waals surface area contributed by atoms with Gasteiger partial charge in [-0.05, 0) is 54.1 Å². The molecular weight excluding hydrogens is 336 g/mol. The number of hydrogen-bond donors (Lipinski definition) is 2. The summed E-state index contributed by atoms with van der Waals surface area (Å²) in [5, 5.41) is 14.5. The zero-order chi connectivity index (χ0) is 17.1. The summed E-state index contributed by atoms with van der Waals surface area (Å²) >= 11 is 1.65. The van der Waals surface area contributed by atoms with Gasteiger partial charge in [0, 0.05) is 25.6 Å². The third-order valence-corrected chi connectivity index (χ3v) is 5.50. The van der Waals surface area contributed by atoms with Crippen LogP contribution in [0.4, 0.5) is 4.79 Å². The van der Waals surface area contributed by atoms with Crippen LogP contribution in [0.5, 0.6) is 0 Å². The number of nitrogens with zero attached hydrogens (tertiary/aromatic N) is 2. The number of H-pyrrole nitrogens is 1. The maximum atomic E-state index is 12.7. The van der Waals surface area contributed by atoms with Gasteiger partial charge in [0.05, 0.1) is 24.0 Å². The molecule has 2 aliphatic rings. The van der Waals surface area contributed by atoms with E-state index in [-0.39, 0.29) is 12.1 Å². The number of hydrogen-bond acceptors (Lipinski definition) is 4. The average molecular weight is 360 g/mol. The van der Waals surface area contributed by atoms with E-state index >= 15 is 0 Å². The van der Waals surface area contributed by atoms with Crippen molar-refractivity contribution in [3.05, 3.63) is 39.8 Å². The molecule has 6 nitrogen and oxygen atoms in total. The second-order valence-corrected chi connectivity index (χ2v) is 7.68. The van der Waals surface area contributed by atoms with Crippen molar-refractivity contribution in [3.8, 4) is 0 Å². The highest BCUT2D eigenvalue weighted by Gasteiger charge is 2.26. The lowest BCUT2D eigenvalue weighted by atomic mass is 10.2. The van der Waals surface area contributed by atoms with Gasteiger partial charge >= 0.3 is 6.03 Å². The van der Waals surface area contributed by atoms with E-state index in [1.165, 1.54) is 12.8 Å². The molecule has 2 aromatic rings. The number of carbonyl (C=O) groups is 1. The molecule has 3 heterocycles. The van der Waals surface area contributed by atoms with Crippen LogP contribution < -0.4 is 5.32 Å². The van der Waals surface area contributed by atoms with E-state index in [2.05, 4.69) is 33.0 Å². The molecule has 1 unspecified atom stereocenters. The fourth-order valence-corrected chi connectivity index (χ4v) is 3.86. The van der Waals surface area contributed by atoms with Crippen molar-refractivity contribution in [2.24, 2.45) is 0 Å². The quantitative estimate of drug-likeness (QED) is 0.796. The predicted octanol–water partition coefficient (Wildman–Crippen LogP) is 3.24. The topological polar surface area (TPSA) is 70.2 Å². The van der Waals surface area contributed by atoms with E-state index < -0.39 is 0 Å². The highest BCUT2D eigenvalue weighted by atomic mass is 32.1. The van der Waals surface area contributed by atoms with Gasteiger partial charge in [0.1, 0.15) is 0 Å². The maximum absolute atomic E-state index is 12.7. The van der Waals surface area contributed by atoms with Crippen molar-refractivity contribution in [1.82, 2.24) is 20.4 Å². The van der Waals surface area contributed by atoms with Crippen LogP contribution in [0.2, 0.25) is 0 Å². The van der Waals surface area contributed by atoms with Gasteiger partial charge in [-0.15, -0.1) is 0 Å².